The minimum absolute atomic E-state index is 0.0804. The van der Waals surface area contributed by atoms with Crippen LogP contribution in [0.2, 0.25) is 0 Å². The first-order chi connectivity index (χ1) is 16.2. The van der Waals surface area contributed by atoms with Crippen molar-refractivity contribution >= 4 is 27.3 Å². The second kappa shape index (κ2) is 10.8. The molecule has 0 aromatic heterocycles. The predicted octanol–water partition coefficient (Wildman–Crippen LogP) is 2.66. The van der Waals surface area contributed by atoms with Crippen LogP contribution < -0.4 is 9.64 Å². The Bertz CT molecular complexity index is 1140. The van der Waals surface area contributed by atoms with Crippen LogP contribution >= 0.6 is 0 Å². The number of carbonyl (C=O) groups excluding carboxylic acids is 1. The number of rotatable bonds is 9. The molecule has 0 bridgehead atoms. The number of carbonyl (C=O) groups is 1. The van der Waals surface area contributed by atoms with Crippen molar-refractivity contribution in [1.29, 1.82) is 0 Å². The van der Waals surface area contributed by atoms with Crippen LogP contribution in [0.1, 0.15) is 19.4 Å². The molecule has 1 fully saturated rings. The van der Waals surface area contributed by atoms with E-state index in [9.17, 15) is 23.3 Å². The Morgan fingerprint density at radius 2 is 1.74 bits per heavy atom. The normalized spacial score (nSPS) is 14.4. The summed E-state index contributed by atoms with van der Waals surface area (Å²) in [4.78, 5) is 27.1. The minimum Gasteiger partial charge on any atom is -0.484 e. The number of nitro groups is 1. The van der Waals surface area contributed by atoms with E-state index in [-0.39, 0.29) is 36.2 Å². The molecule has 1 saturated heterocycles. The van der Waals surface area contributed by atoms with Crippen molar-refractivity contribution in [2.45, 2.75) is 25.7 Å². The minimum atomic E-state index is -3.81. The number of hydrogen-bond acceptors (Lipinski definition) is 7. The van der Waals surface area contributed by atoms with Gasteiger partial charge < -0.3 is 14.5 Å². The molecule has 1 aliphatic rings. The van der Waals surface area contributed by atoms with Crippen molar-refractivity contribution in [3.8, 4) is 5.75 Å². The highest BCUT2D eigenvalue weighted by Crippen LogP contribution is 2.32. The van der Waals surface area contributed by atoms with Crippen molar-refractivity contribution in [3.05, 3.63) is 58.1 Å². The van der Waals surface area contributed by atoms with Crippen LogP contribution in [0.5, 0.6) is 5.75 Å². The molecule has 0 aliphatic carbocycles. The number of nitrogens with zero attached hydrogens (tertiary/aromatic N) is 4. The third kappa shape index (κ3) is 5.48. The first kappa shape index (κ1) is 25.4. The molecular formula is C23H30N4O6S. The highest BCUT2D eigenvalue weighted by molar-refractivity contribution is 7.89. The topological polar surface area (TPSA) is 113 Å². The zero-order valence-corrected chi connectivity index (χ0v) is 20.5. The summed E-state index contributed by atoms with van der Waals surface area (Å²) < 4.78 is 32.5. The fraction of sp³-hybridized carbons (Fsp3) is 0.435. The summed E-state index contributed by atoms with van der Waals surface area (Å²) in [7, 11) is -3.81. The van der Waals surface area contributed by atoms with Crippen LogP contribution in [-0.2, 0) is 14.8 Å². The molecule has 10 nitrogen and oxygen atoms in total. The van der Waals surface area contributed by atoms with E-state index < -0.39 is 14.9 Å². The number of hydrogen-bond donors (Lipinski definition) is 0. The SMILES string of the molecule is CCN(CC)S(=O)(=O)c1ccc(N2CCN(C(=O)COc3ccccc3C)CC2)c([N+](=O)[O-])c1. The fourth-order valence-corrected chi connectivity index (χ4v) is 5.41. The number of para-hydroxylation sites is 1. The van der Waals surface area contributed by atoms with Gasteiger partial charge >= 0.3 is 0 Å². The molecule has 2 aromatic rings. The Morgan fingerprint density at radius 1 is 1.09 bits per heavy atom. The molecule has 0 spiro atoms. The Labute approximate surface area is 199 Å². The van der Waals surface area contributed by atoms with Crippen LogP contribution in [0.4, 0.5) is 11.4 Å². The van der Waals surface area contributed by atoms with E-state index in [1.165, 1.54) is 16.4 Å². The summed E-state index contributed by atoms with van der Waals surface area (Å²) in [5.74, 6) is 0.503. The van der Waals surface area contributed by atoms with E-state index in [0.717, 1.165) is 11.6 Å². The second-order valence-corrected chi connectivity index (χ2v) is 9.86. The largest absolute Gasteiger partial charge is 0.484 e. The molecule has 1 amide bonds. The maximum Gasteiger partial charge on any atom is 0.293 e. The maximum absolute atomic E-state index is 12.8. The first-order valence-electron chi connectivity index (χ1n) is 11.2. The summed E-state index contributed by atoms with van der Waals surface area (Å²) in [6.07, 6.45) is 0. The summed E-state index contributed by atoms with van der Waals surface area (Å²) >= 11 is 0. The Balaban J connectivity index is 1.69. The number of ether oxygens (including phenoxy) is 1. The van der Waals surface area contributed by atoms with Gasteiger partial charge in [0, 0.05) is 45.3 Å². The quantitative estimate of drug-likeness (QED) is 0.392. The molecular weight excluding hydrogens is 460 g/mol. The van der Waals surface area contributed by atoms with Gasteiger partial charge in [-0.25, -0.2) is 8.42 Å². The molecule has 1 heterocycles. The molecule has 3 rings (SSSR count). The number of benzene rings is 2. The van der Waals surface area contributed by atoms with Crippen molar-refractivity contribution in [2.24, 2.45) is 0 Å². The van der Waals surface area contributed by atoms with Crippen molar-refractivity contribution in [2.75, 3.05) is 50.8 Å². The predicted molar refractivity (Wildman–Crippen MR) is 129 cm³/mol. The van der Waals surface area contributed by atoms with E-state index in [1.807, 2.05) is 31.2 Å². The average Bonchev–Trinajstić information content (AvgIpc) is 2.83. The molecule has 0 radical (unpaired) electrons. The van der Waals surface area contributed by atoms with Gasteiger partial charge in [0.1, 0.15) is 11.4 Å². The van der Waals surface area contributed by atoms with Crippen LogP contribution in [0.25, 0.3) is 0 Å². The number of amides is 1. The van der Waals surface area contributed by atoms with Gasteiger partial charge in [0.05, 0.1) is 9.82 Å². The molecule has 34 heavy (non-hydrogen) atoms. The van der Waals surface area contributed by atoms with Crippen LogP contribution in [0.15, 0.2) is 47.4 Å². The monoisotopic (exact) mass is 490 g/mol. The number of sulfonamides is 1. The third-order valence-electron chi connectivity index (χ3n) is 5.90. The number of nitro benzene ring substituents is 1. The summed E-state index contributed by atoms with van der Waals surface area (Å²) in [5, 5.41) is 11.8. The molecule has 2 aromatic carbocycles. The van der Waals surface area contributed by atoms with E-state index in [0.29, 0.717) is 37.6 Å². The fourth-order valence-electron chi connectivity index (χ4n) is 3.94. The van der Waals surface area contributed by atoms with Crippen molar-refractivity contribution < 1.29 is 22.9 Å². The molecule has 0 unspecified atom stereocenters. The summed E-state index contributed by atoms with van der Waals surface area (Å²) in [6, 6.07) is 11.5. The van der Waals surface area contributed by atoms with Gasteiger partial charge in [-0.15, -0.1) is 0 Å². The molecule has 0 saturated carbocycles. The lowest BCUT2D eigenvalue weighted by Gasteiger charge is -2.35. The lowest BCUT2D eigenvalue weighted by Crippen LogP contribution is -2.50. The van der Waals surface area contributed by atoms with Crippen molar-refractivity contribution in [3.63, 3.8) is 0 Å². The van der Waals surface area contributed by atoms with Gasteiger partial charge in [-0.05, 0) is 30.7 Å². The van der Waals surface area contributed by atoms with Gasteiger partial charge in [-0.1, -0.05) is 32.0 Å². The number of piperazine rings is 1. The van der Waals surface area contributed by atoms with Gasteiger partial charge in [-0.3, -0.25) is 14.9 Å². The highest BCUT2D eigenvalue weighted by atomic mass is 32.2. The zero-order valence-electron chi connectivity index (χ0n) is 19.6. The molecule has 184 valence electrons. The van der Waals surface area contributed by atoms with Crippen LogP contribution in [0, 0.1) is 17.0 Å². The molecule has 0 N–H and O–H groups in total. The van der Waals surface area contributed by atoms with E-state index in [4.69, 9.17) is 4.74 Å². The first-order valence-corrected chi connectivity index (χ1v) is 12.6. The third-order valence-corrected chi connectivity index (χ3v) is 7.95. The lowest BCUT2D eigenvalue weighted by atomic mass is 10.2. The Kier molecular flexibility index (Phi) is 8.11. The molecule has 0 atom stereocenters. The standard InChI is InChI=1S/C23H30N4O6S/c1-4-26(5-2)34(31,32)19-10-11-20(21(16-19)27(29)30)24-12-14-25(15-13-24)23(28)17-33-22-9-7-6-8-18(22)3/h6-11,16H,4-5,12-15,17H2,1-3H3. The van der Waals surface area contributed by atoms with Gasteiger partial charge in [0.15, 0.2) is 6.61 Å². The van der Waals surface area contributed by atoms with Gasteiger partial charge in [0.25, 0.3) is 11.6 Å². The average molecular weight is 491 g/mol. The second-order valence-electron chi connectivity index (χ2n) is 7.92. The lowest BCUT2D eigenvalue weighted by molar-refractivity contribution is -0.384. The van der Waals surface area contributed by atoms with Crippen LogP contribution in [-0.4, -0.2) is 74.3 Å². The molecule has 11 heteroatoms. The number of aryl methyl sites for hydroxylation is 1. The van der Waals surface area contributed by atoms with E-state index in [1.54, 1.807) is 23.6 Å². The van der Waals surface area contributed by atoms with Gasteiger partial charge in [-0.2, -0.15) is 4.31 Å². The maximum atomic E-state index is 12.8. The van der Waals surface area contributed by atoms with Crippen LogP contribution in [0.3, 0.4) is 0 Å². The van der Waals surface area contributed by atoms with E-state index >= 15 is 0 Å². The highest BCUT2D eigenvalue weighted by Gasteiger charge is 2.29. The summed E-state index contributed by atoms with van der Waals surface area (Å²) in [6.45, 7) is 7.35. The smallest absolute Gasteiger partial charge is 0.293 e. The van der Waals surface area contributed by atoms with E-state index in [2.05, 4.69) is 0 Å². The summed E-state index contributed by atoms with van der Waals surface area (Å²) in [5.41, 5.74) is 1.02. The Morgan fingerprint density at radius 3 is 2.32 bits per heavy atom. The van der Waals surface area contributed by atoms with Crippen molar-refractivity contribution in [1.82, 2.24) is 9.21 Å². The zero-order chi connectivity index (χ0) is 24.9. The molecule has 1 aliphatic heterocycles. The Hall–Kier alpha value is -3.18. The number of anilines is 1. The van der Waals surface area contributed by atoms with Gasteiger partial charge in [0.2, 0.25) is 10.0 Å².